The Morgan fingerprint density at radius 3 is 2.31 bits per heavy atom. The standard InChI is InChI=1S/C12H24O/c1-2-3-4-6-9-12(13)10-7-5-8-11-12/h13H,2-11H2,1H3. The van der Waals surface area contributed by atoms with E-state index in [2.05, 4.69) is 6.92 Å². The van der Waals surface area contributed by atoms with Gasteiger partial charge < -0.3 is 5.11 Å². The van der Waals surface area contributed by atoms with E-state index >= 15 is 0 Å². The average molecular weight is 184 g/mol. The van der Waals surface area contributed by atoms with Gasteiger partial charge in [-0.15, -0.1) is 0 Å². The van der Waals surface area contributed by atoms with E-state index in [9.17, 15) is 5.11 Å². The number of aliphatic hydroxyl groups is 1. The van der Waals surface area contributed by atoms with Crippen LogP contribution in [0.15, 0.2) is 0 Å². The van der Waals surface area contributed by atoms with Crippen molar-refractivity contribution in [3.05, 3.63) is 0 Å². The Morgan fingerprint density at radius 1 is 1.00 bits per heavy atom. The van der Waals surface area contributed by atoms with Gasteiger partial charge in [0.2, 0.25) is 0 Å². The van der Waals surface area contributed by atoms with Crippen LogP contribution in [0.1, 0.15) is 71.1 Å². The monoisotopic (exact) mass is 184 g/mol. The molecule has 0 aromatic rings. The van der Waals surface area contributed by atoms with Crippen molar-refractivity contribution < 1.29 is 5.11 Å². The lowest BCUT2D eigenvalue weighted by molar-refractivity contribution is -0.00585. The molecule has 0 radical (unpaired) electrons. The van der Waals surface area contributed by atoms with Crippen LogP contribution in [-0.4, -0.2) is 10.7 Å². The van der Waals surface area contributed by atoms with E-state index in [0.29, 0.717) is 0 Å². The third-order valence-electron chi connectivity index (χ3n) is 3.28. The van der Waals surface area contributed by atoms with Gasteiger partial charge in [-0.1, -0.05) is 51.9 Å². The summed E-state index contributed by atoms with van der Waals surface area (Å²) in [6.07, 6.45) is 12.1. The van der Waals surface area contributed by atoms with Crippen molar-refractivity contribution >= 4 is 0 Å². The molecule has 78 valence electrons. The highest BCUT2D eigenvalue weighted by Crippen LogP contribution is 2.32. The zero-order chi connectivity index (χ0) is 9.57. The van der Waals surface area contributed by atoms with Gasteiger partial charge in [0.25, 0.3) is 0 Å². The van der Waals surface area contributed by atoms with Gasteiger partial charge >= 0.3 is 0 Å². The second-order valence-corrected chi connectivity index (χ2v) is 4.60. The van der Waals surface area contributed by atoms with Gasteiger partial charge in [0.05, 0.1) is 5.60 Å². The van der Waals surface area contributed by atoms with Crippen LogP contribution in [-0.2, 0) is 0 Å². The highest BCUT2D eigenvalue weighted by Gasteiger charge is 2.27. The summed E-state index contributed by atoms with van der Waals surface area (Å²) in [5, 5.41) is 10.2. The third-order valence-corrected chi connectivity index (χ3v) is 3.28. The summed E-state index contributed by atoms with van der Waals surface area (Å²) in [5.74, 6) is 0. The van der Waals surface area contributed by atoms with Crippen molar-refractivity contribution in [2.75, 3.05) is 0 Å². The summed E-state index contributed by atoms with van der Waals surface area (Å²) in [6.45, 7) is 2.23. The Bertz CT molecular complexity index is 125. The van der Waals surface area contributed by atoms with Crippen molar-refractivity contribution in [2.24, 2.45) is 0 Å². The van der Waals surface area contributed by atoms with Gasteiger partial charge in [-0.3, -0.25) is 0 Å². The van der Waals surface area contributed by atoms with Crippen molar-refractivity contribution in [3.63, 3.8) is 0 Å². The Hall–Kier alpha value is -0.0400. The maximum Gasteiger partial charge on any atom is 0.0647 e. The molecule has 0 aromatic heterocycles. The summed E-state index contributed by atoms with van der Waals surface area (Å²) in [4.78, 5) is 0. The first kappa shape index (κ1) is 11.0. The first-order chi connectivity index (χ1) is 6.27. The van der Waals surface area contributed by atoms with Crippen molar-refractivity contribution in [1.82, 2.24) is 0 Å². The SMILES string of the molecule is CCCCCCC1(O)CCCCC1. The lowest BCUT2D eigenvalue weighted by atomic mass is 9.81. The summed E-state index contributed by atoms with van der Waals surface area (Å²) in [7, 11) is 0. The topological polar surface area (TPSA) is 20.2 Å². The summed E-state index contributed by atoms with van der Waals surface area (Å²) in [6, 6.07) is 0. The van der Waals surface area contributed by atoms with Crippen LogP contribution in [0.25, 0.3) is 0 Å². The highest BCUT2D eigenvalue weighted by atomic mass is 16.3. The van der Waals surface area contributed by atoms with Crippen LogP contribution < -0.4 is 0 Å². The lowest BCUT2D eigenvalue weighted by Gasteiger charge is -2.32. The Morgan fingerprint density at radius 2 is 1.69 bits per heavy atom. The van der Waals surface area contributed by atoms with E-state index in [1.54, 1.807) is 0 Å². The summed E-state index contributed by atoms with van der Waals surface area (Å²) < 4.78 is 0. The summed E-state index contributed by atoms with van der Waals surface area (Å²) >= 11 is 0. The van der Waals surface area contributed by atoms with E-state index in [0.717, 1.165) is 19.3 Å². The van der Waals surface area contributed by atoms with E-state index in [1.807, 2.05) is 0 Å². The molecule has 1 rings (SSSR count). The molecule has 1 aliphatic rings. The molecule has 0 amide bonds. The first-order valence-electron chi connectivity index (χ1n) is 5.99. The fourth-order valence-corrected chi connectivity index (χ4v) is 2.34. The van der Waals surface area contributed by atoms with E-state index in [1.165, 1.54) is 44.9 Å². The van der Waals surface area contributed by atoms with Gasteiger partial charge in [-0.05, 0) is 19.3 Å². The Labute approximate surface area is 82.5 Å². The molecule has 0 aliphatic heterocycles. The van der Waals surface area contributed by atoms with Gasteiger partial charge in [-0.2, -0.15) is 0 Å². The molecule has 0 bridgehead atoms. The normalized spacial score (nSPS) is 21.7. The molecule has 0 spiro atoms. The average Bonchev–Trinajstić information content (AvgIpc) is 2.14. The number of rotatable bonds is 5. The first-order valence-corrected chi connectivity index (χ1v) is 5.99. The second kappa shape index (κ2) is 5.64. The van der Waals surface area contributed by atoms with E-state index in [-0.39, 0.29) is 5.60 Å². The van der Waals surface area contributed by atoms with Crippen LogP contribution in [0.3, 0.4) is 0 Å². The van der Waals surface area contributed by atoms with Crippen LogP contribution in [0.5, 0.6) is 0 Å². The maximum atomic E-state index is 10.2. The van der Waals surface area contributed by atoms with Crippen molar-refractivity contribution in [3.8, 4) is 0 Å². The van der Waals surface area contributed by atoms with Crippen molar-refractivity contribution in [1.29, 1.82) is 0 Å². The molecule has 13 heavy (non-hydrogen) atoms. The quantitative estimate of drug-likeness (QED) is 0.647. The second-order valence-electron chi connectivity index (χ2n) is 4.60. The number of unbranched alkanes of at least 4 members (excludes halogenated alkanes) is 3. The van der Waals surface area contributed by atoms with Crippen LogP contribution in [0.2, 0.25) is 0 Å². The predicted molar refractivity (Wildman–Crippen MR) is 56.8 cm³/mol. The minimum atomic E-state index is -0.272. The molecule has 1 heteroatoms. The Balaban J connectivity index is 2.10. The molecule has 0 unspecified atom stereocenters. The Kier molecular flexibility index (Phi) is 4.79. The van der Waals surface area contributed by atoms with Gasteiger partial charge in [-0.25, -0.2) is 0 Å². The molecular weight excluding hydrogens is 160 g/mol. The largest absolute Gasteiger partial charge is 0.390 e. The molecule has 1 aliphatic carbocycles. The smallest absolute Gasteiger partial charge is 0.0647 e. The molecule has 0 aromatic carbocycles. The van der Waals surface area contributed by atoms with Crippen LogP contribution in [0, 0.1) is 0 Å². The minimum Gasteiger partial charge on any atom is -0.390 e. The maximum absolute atomic E-state index is 10.2. The van der Waals surface area contributed by atoms with Gasteiger partial charge in [0.15, 0.2) is 0 Å². The van der Waals surface area contributed by atoms with Crippen molar-refractivity contribution in [2.45, 2.75) is 76.7 Å². The lowest BCUT2D eigenvalue weighted by Crippen LogP contribution is -2.30. The summed E-state index contributed by atoms with van der Waals surface area (Å²) in [5.41, 5.74) is -0.272. The molecule has 0 atom stereocenters. The predicted octanol–water partition coefficient (Wildman–Crippen LogP) is 3.65. The van der Waals surface area contributed by atoms with Crippen LogP contribution >= 0.6 is 0 Å². The molecule has 1 nitrogen and oxygen atoms in total. The highest BCUT2D eigenvalue weighted by molar-refractivity contribution is 4.81. The zero-order valence-electron chi connectivity index (χ0n) is 9.02. The zero-order valence-corrected chi connectivity index (χ0v) is 9.02. The molecule has 0 saturated heterocycles. The minimum absolute atomic E-state index is 0.272. The fourth-order valence-electron chi connectivity index (χ4n) is 2.34. The third kappa shape index (κ3) is 4.12. The molecular formula is C12H24O. The van der Waals surface area contributed by atoms with Crippen LogP contribution in [0.4, 0.5) is 0 Å². The van der Waals surface area contributed by atoms with Gasteiger partial charge in [0.1, 0.15) is 0 Å². The molecule has 0 heterocycles. The molecule has 1 saturated carbocycles. The number of hydrogen-bond acceptors (Lipinski definition) is 1. The van der Waals surface area contributed by atoms with E-state index in [4.69, 9.17) is 0 Å². The molecule has 1 fully saturated rings. The molecule has 1 N–H and O–H groups in total. The number of hydrogen-bond donors (Lipinski definition) is 1. The van der Waals surface area contributed by atoms with E-state index < -0.39 is 0 Å². The van der Waals surface area contributed by atoms with Gasteiger partial charge in [0, 0.05) is 0 Å². The fraction of sp³-hybridized carbons (Fsp3) is 1.00.